The summed E-state index contributed by atoms with van der Waals surface area (Å²) < 4.78 is 0. The first-order valence-electron chi connectivity index (χ1n) is 5.85. The van der Waals surface area contributed by atoms with Gasteiger partial charge in [-0.1, -0.05) is 11.6 Å². The zero-order valence-corrected chi connectivity index (χ0v) is 11.7. The lowest BCUT2D eigenvalue weighted by Crippen LogP contribution is -2.14. The van der Waals surface area contributed by atoms with Crippen LogP contribution in [0.25, 0.3) is 0 Å². The average Bonchev–Trinajstić information content (AvgIpc) is 2.33. The summed E-state index contributed by atoms with van der Waals surface area (Å²) in [5.41, 5.74) is 3.58. The molecule has 1 N–H and O–H groups in total. The van der Waals surface area contributed by atoms with Gasteiger partial charge in [0.05, 0.1) is 23.1 Å². The van der Waals surface area contributed by atoms with Crippen LogP contribution in [0.1, 0.15) is 27.3 Å². The van der Waals surface area contributed by atoms with Gasteiger partial charge in [0.15, 0.2) is 0 Å². The first-order valence-corrected chi connectivity index (χ1v) is 6.23. The van der Waals surface area contributed by atoms with Gasteiger partial charge in [0.2, 0.25) is 0 Å². The van der Waals surface area contributed by atoms with Crippen molar-refractivity contribution in [1.29, 1.82) is 0 Å². The molecule has 0 saturated carbocycles. The van der Waals surface area contributed by atoms with Crippen LogP contribution < -0.4 is 5.32 Å². The Balaban J connectivity index is 2.23. The molecule has 0 aromatic carbocycles. The van der Waals surface area contributed by atoms with Crippen molar-refractivity contribution >= 4 is 23.2 Å². The minimum absolute atomic E-state index is 0.200. The molecule has 0 aliphatic rings. The van der Waals surface area contributed by atoms with Crippen LogP contribution in [0.3, 0.4) is 0 Å². The first-order chi connectivity index (χ1) is 8.97. The molecule has 0 atom stereocenters. The van der Waals surface area contributed by atoms with Crippen LogP contribution in [0.4, 0.5) is 5.69 Å². The molecule has 19 heavy (non-hydrogen) atoms. The maximum Gasteiger partial charge on any atom is 0.257 e. The summed E-state index contributed by atoms with van der Waals surface area (Å²) in [7, 11) is 0. The van der Waals surface area contributed by atoms with Crippen LogP contribution in [0.2, 0.25) is 5.15 Å². The highest BCUT2D eigenvalue weighted by molar-refractivity contribution is 6.30. The zero-order chi connectivity index (χ0) is 14.0. The molecule has 0 bridgehead atoms. The normalized spacial score (nSPS) is 10.3. The third-order valence-corrected chi connectivity index (χ3v) is 3.14. The minimum Gasteiger partial charge on any atom is -0.321 e. The van der Waals surface area contributed by atoms with Crippen LogP contribution in [0.5, 0.6) is 0 Å². The van der Waals surface area contributed by atoms with E-state index in [0.717, 1.165) is 11.3 Å². The smallest absolute Gasteiger partial charge is 0.257 e. The molecule has 0 fully saturated rings. The Kier molecular flexibility index (Phi) is 3.81. The molecule has 2 aromatic heterocycles. The highest BCUT2D eigenvalue weighted by Crippen LogP contribution is 2.17. The van der Waals surface area contributed by atoms with Crippen molar-refractivity contribution < 1.29 is 4.79 Å². The summed E-state index contributed by atoms with van der Waals surface area (Å²) in [6.07, 6.45) is 1.53. The number of anilines is 1. The first kappa shape index (κ1) is 13.5. The molecule has 0 aliphatic heterocycles. The largest absolute Gasteiger partial charge is 0.321 e. The van der Waals surface area contributed by atoms with E-state index < -0.39 is 0 Å². The second-order valence-electron chi connectivity index (χ2n) is 4.37. The molecule has 5 heteroatoms. The standard InChI is InChI=1S/C14H14ClN3O/c1-8-6-11(7-16-13(8)15)18-14(19)12-5-4-9(2)17-10(12)3/h4-7H,1-3H3,(H,18,19). The van der Waals surface area contributed by atoms with Gasteiger partial charge < -0.3 is 5.32 Å². The molecule has 0 unspecified atom stereocenters. The van der Waals surface area contributed by atoms with Gasteiger partial charge in [0, 0.05) is 5.69 Å². The Morgan fingerprint density at radius 3 is 2.63 bits per heavy atom. The molecule has 2 heterocycles. The number of amides is 1. The Labute approximate surface area is 116 Å². The van der Waals surface area contributed by atoms with E-state index in [1.807, 2.05) is 26.8 Å². The van der Waals surface area contributed by atoms with E-state index in [9.17, 15) is 4.79 Å². The van der Waals surface area contributed by atoms with Crippen molar-refractivity contribution in [2.24, 2.45) is 0 Å². The average molecular weight is 276 g/mol. The van der Waals surface area contributed by atoms with Crippen LogP contribution in [-0.4, -0.2) is 15.9 Å². The topological polar surface area (TPSA) is 54.9 Å². The molecule has 2 rings (SSSR count). The summed E-state index contributed by atoms with van der Waals surface area (Å²) >= 11 is 5.84. The van der Waals surface area contributed by atoms with Crippen molar-refractivity contribution in [2.45, 2.75) is 20.8 Å². The third kappa shape index (κ3) is 3.09. The van der Waals surface area contributed by atoms with E-state index in [0.29, 0.717) is 22.1 Å². The number of nitrogens with one attached hydrogen (secondary N) is 1. The number of halogens is 1. The number of hydrogen-bond acceptors (Lipinski definition) is 3. The number of pyridine rings is 2. The molecule has 98 valence electrons. The van der Waals surface area contributed by atoms with Crippen molar-refractivity contribution in [3.05, 3.63) is 52.1 Å². The summed E-state index contributed by atoms with van der Waals surface area (Å²) in [4.78, 5) is 20.4. The molecular formula is C14H14ClN3O. The highest BCUT2D eigenvalue weighted by Gasteiger charge is 2.11. The number of aryl methyl sites for hydroxylation is 3. The highest BCUT2D eigenvalue weighted by atomic mass is 35.5. The zero-order valence-electron chi connectivity index (χ0n) is 11.0. The van der Waals surface area contributed by atoms with E-state index in [-0.39, 0.29) is 5.91 Å². The molecular weight excluding hydrogens is 262 g/mol. The number of rotatable bonds is 2. The van der Waals surface area contributed by atoms with Gasteiger partial charge in [-0.15, -0.1) is 0 Å². The fourth-order valence-electron chi connectivity index (χ4n) is 1.75. The maximum absolute atomic E-state index is 12.1. The summed E-state index contributed by atoms with van der Waals surface area (Å²) in [5, 5.41) is 3.22. The lowest BCUT2D eigenvalue weighted by Gasteiger charge is -2.08. The van der Waals surface area contributed by atoms with Gasteiger partial charge in [0.25, 0.3) is 5.91 Å². The van der Waals surface area contributed by atoms with Crippen molar-refractivity contribution in [3.63, 3.8) is 0 Å². The molecule has 0 spiro atoms. The minimum atomic E-state index is -0.200. The lowest BCUT2D eigenvalue weighted by molar-refractivity contribution is 0.102. The summed E-state index contributed by atoms with van der Waals surface area (Å²) in [6, 6.07) is 5.36. The van der Waals surface area contributed by atoms with E-state index in [4.69, 9.17) is 11.6 Å². The molecule has 0 saturated heterocycles. The Bertz CT molecular complexity index is 641. The van der Waals surface area contributed by atoms with Gasteiger partial charge in [-0.05, 0) is 44.5 Å². The molecule has 0 radical (unpaired) electrons. The molecule has 4 nitrogen and oxygen atoms in total. The maximum atomic E-state index is 12.1. The van der Waals surface area contributed by atoms with E-state index in [2.05, 4.69) is 15.3 Å². The van der Waals surface area contributed by atoms with Gasteiger partial charge in [0.1, 0.15) is 5.15 Å². The molecule has 1 amide bonds. The van der Waals surface area contributed by atoms with Crippen LogP contribution in [0, 0.1) is 20.8 Å². The summed E-state index contributed by atoms with van der Waals surface area (Å²) in [6.45, 7) is 5.54. The van der Waals surface area contributed by atoms with E-state index in [1.54, 1.807) is 12.1 Å². The second kappa shape index (κ2) is 5.36. The number of carbonyl (C=O) groups is 1. The van der Waals surface area contributed by atoms with Crippen LogP contribution in [-0.2, 0) is 0 Å². The van der Waals surface area contributed by atoms with Crippen LogP contribution in [0.15, 0.2) is 24.4 Å². The van der Waals surface area contributed by atoms with E-state index in [1.165, 1.54) is 6.20 Å². The summed E-state index contributed by atoms with van der Waals surface area (Å²) in [5.74, 6) is -0.200. The number of aromatic nitrogens is 2. The monoisotopic (exact) mass is 275 g/mol. The Morgan fingerprint density at radius 2 is 2.00 bits per heavy atom. The van der Waals surface area contributed by atoms with Gasteiger partial charge in [-0.25, -0.2) is 4.98 Å². The van der Waals surface area contributed by atoms with Gasteiger partial charge >= 0.3 is 0 Å². The fraction of sp³-hybridized carbons (Fsp3) is 0.214. The van der Waals surface area contributed by atoms with E-state index >= 15 is 0 Å². The quantitative estimate of drug-likeness (QED) is 0.856. The number of nitrogens with zero attached hydrogens (tertiary/aromatic N) is 2. The van der Waals surface area contributed by atoms with Crippen molar-refractivity contribution in [3.8, 4) is 0 Å². The Morgan fingerprint density at radius 1 is 1.26 bits per heavy atom. The van der Waals surface area contributed by atoms with Crippen molar-refractivity contribution in [2.75, 3.05) is 5.32 Å². The number of hydrogen-bond donors (Lipinski definition) is 1. The van der Waals surface area contributed by atoms with Gasteiger partial charge in [-0.3, -0.25) is 9.78 Å². The lowest BCUT2D eigenvalue weighted by atomic mass is 10.1. The SMILES string of the molecule is Cc1ccc(C(=O)Nc2cnc(Cl)c(C)c2)c(C)n1. The predicted molar refractivity (Wildman–Crippen MR) is 75.6 cm³/mol. The third-order valence-electron chi connectivity index (χ3n) is 2.74. The van der Waals surface area contributed by atoms with Gasteiger partial charge in [-0.2, -0.15) is 0 Å². The second-order valence-corrected chi connectivity index (χ2v) is 4.73. The molecule has 0 aliphatic carbocycles. The Hall–Kier alpha value is -1.94. The number of carbonyl (C=O) groups excluding carboxylic acids is 1. The predicted octanol–water partition coefficient (Wildman–Crippen LogP) is 3.31. The van der Waals surface area contributed by atoms with Crippen molar-refractivity contribution in [1.82, 2.24) is 9.97 Å². The molecule has 2 aromatic rings. The van der Waals surface area contributed by atoms with Crippen LogP contribution >= 0.6 is 11.6 Å². The fourth-order valence-corrected chi connectivity index (χ4v) is 1.85.